The van der Waals surface area contributed by atoms with Crippen molar-refractivity contribution in [3.05, 3.63) is 35.4 Å². The smallest absolute Gasteiger partial charge is 0.335 e. The molecule has 1 aliphatic carbocycles. The maximum absolute atomic E-state index is 12.5. The lowest BCUT2D eigenvalue weighted by Crippen LogP contribution is -2.37. The van der Waals surface area contributed by atoms with Crippen LogP contribution in [0.2, 0.25) is 0 Å². The molecule has 4 heteroatoms. The van der Waals surface area contributed by atoms with E-state index < -0.39 is 5.97 Å². The van der Waals surface area contributed by atoms with Gasteiger partial charge in [0.25, 0.3) is 5.91 Å². The van der Waals surface area contributed by atoms with E-state index in [4.69, 9.17) is 5.11 Å². The van der Waals surface area contributed by atoms with E-state index >= 15 is 0 Å². The quantitative estimate of drug-likeness (QED) is 0.925. The first-order chi connectivity index (χ1) is 10.1. The highest BCUT2D eigenvalue weighted by Gasteiger charge is 2.21. The van der Waals surface area contributed by atoms with Gasteiger partial charge < -0.3 is 10.0 Å². The molecule has 1 aromatic rings. The summed E-state index contributed by atoms with van der Waals surface area (Å²) in [5, 5.41) is 8.89. The van der Waals surface area contributed by atoms with Crippen molar-refractivity contribution >= 4 is 11.9 Å². The third-order valence-corrected chi connectivity index (χ3v) is 4.32. The predicted molar refractivity (Wildman–Crippen MR) is 81.6 cm³/mol. The van der Waals surface area contributed by atoms with Crippen LogP contribution in [0.5, 0.6) is 0 Å². The van der Waals surface area contributed by atoms with Crippen LogP contribution in [-0.2, 0) is 0 Å². The molecule has 2 rings (SSSR count). The van der Waals surface area contributed by atoms with E-state index in [0.29, 0.717) is 11.6 Å². The lowest BCUT2D eigenvalue weighted by atomic mass is 9.95. The summed E-state index contributed by atoms with van der Waals surface area (Å²) in [7, 11) is 1.86. The number of carboxylic acid groups (broad SMARTS) is 1. The zero-order valence-corrected chi connectivity index (χ0v) is 12.5. The van der Waals surface area contributed by atoms with E-state index in [-0.39, 0.29) is 11.5 Å². The Hall–Kier alpha value is -1.84. The summed E-state index contributed by atoms with van der Waals surface area (Å²) in [6, 6.07) is 6.48. The summed E-state index contributed by atoms with van der Waals surface area (Å²) in [6.45, 7) is 0. The molecule has 114 valence electrons. The lowest BCUT2D eigenvalue weighted by Gasteiger charge is -2.30. The summed E-state index contributed by atoms with van der Waals surface area (Å²) in [5.74, 6) is -0.986. The number of amides is 1. The minimum atomic E-state index is -0.970. The molecule has 0 saturated heterocycles. The Morgan fingerprint density at radius 1 is 0.952 bits per heavy atom. The van der Waals surface area contributed by atoms with Gasteiger partial charge in [-0.3, -0.25) is 4.79 Å². The van der Waals surface area contributed by atoms with Gasteiger partial charge in [-0.2, -0.15) is 0 Å². The maximum atomic E-state index is 12.5. The number of rotatable bonds is 3. The number of carbonyl (C=O) groups is 2. The fraction of sp³-hybridized carbons (Fsp3) is 0.529. The number of benzene rings is 1. The van der Waals surface area contributed by atoms with Crippen LogP contribution in [0, 0.1) is 0 Å². The molecule has 0 heterocycles. The van der Waals surface area contributed by atoms with Crippen LogP contribution in [-0.4, -0.2) is 35.0 Å². The van der Waals surface area contributed by atoms with E-state index in [2.05, 4.69) is 0 Å². The standard InChI is InChI=1S/C17H23NO3/c1-18(15-7-5-3-2-4-6-8-15)16(19)13-9-11-14(12-10-13)17(20)21/h9-12,15H,2-8H2,1H3,(H,20,21). The molecule has 0 unspecified atom stereocenters. The van der Waals surface area contributed by atoms with Gasteiger partial charge in [0.2, 0.25) is 0 Å². The zero-order valence-electron chi connectivity index (χ0n) is 12.5. The van der Waals surface area contributed by atoms with Crippen LogP contribution in [0.4, 0.5) is 0 Å². The molecule has 1 fully saturated rings. The van der Waals surface area contributed by atoms with Crippen molar-refractivity contribution in [1.29, 1.82) is 0 Å². The Morgan fingerprint density at radius 3 is 1.95 bits per heavy atom. The molecule has 1 aromatic carbocycles. The molecule has 0 radical (unpaired) electrons. The molecule has 0 aromatic heterocycles. The summed E-state index contributed by atoms with van der Waals surface area (Å²) in [6.07, 6.45) is 8.31. The van der Waals surface area contributed by atoms with Crippen molar-refractivity contribution in [2.75, 3.05) is 7.05 Å². The molecule has 4 nitrogen and oxygen atoms in total. The molecule has 0 spiro atoms. The molecule has 21 heavy (non-hydrogen) atoms. The maximum Gasteiger partial charge on any atom is 0.335 e. The van der Waals surface area contributed by atoms with Gasteiger partial charge >= 0.3 is 5.97 Å². The molecular formula is C17H23NO3. The van der Waals surface area contributed by atoms with Crippen LogP contribution in [0.15, 0.2) is 24.3 Å². The van der Waals surface area contributed by atoms with E-state index in [9.17, 15) is 9.59 Å². The second-order valence-electron chi connectivity index (χ2n) is 5.80. The van der Waals surface area contributed by atoms with Crippen molar-refractivity contribution in [2.45, 2.75) is 51.0 Å². The van der Waals surface area contributed by atoms with E-state index in [1.54, 1.807) is 12.1 Å². The Labute approximate surface area is 125 Å². The van der Waals surface area contributed by atoms with Gasteiger partial charge in [0.05, 0.1) is 5.56 Å². The first-order valence-corrected chi connectivity index (χ1v) is 7.70. The molecule has 1 N–H and O–H groups in total. The van der Waals surface area contributed by atoms with Crippen molar-refractivity contribution < 1.29 is 14.7 Å². The average Bonchev–Trinajstić information content (AvgIpc) is 2.45. The predicted octanol–water partition coefficient (Wildman–Crippen LogP) is 3.57. The topological polar surface area (TPSA) is 57.6 Å². The van der Waals surface area contributed by atoms with E-state index in [0.717, 1.165) is 12.8 Å². The molecule has 1 aliphatic rings. The largest absolute Gasteiger partial charge is 0.478 e. The fourth-order valence-corrected chi connectivity index (χ4v) is 2.95. The molecule has 0 bridgehead atoms. The zero-order chi connectivity index (χ0) is 15.2. The monoisotopic (exact) mass is 289 g/mol. The normalized spacial score (nSPS) is 16.8. The highest BCUT2D eigenvalue weighted by atomic mass is 16.4. The first-order valence-electron chi connectivity index (χ1n) is 7.70. The van der Waals surface area contributed by atoms with Gasteiger partial charge in [0.1, 0.15) is 0 Å². The molecule has 0 atom stereocenters. The van der Waals surface area contributed by atoms with Gasteiger partial charge in [-0.25, -0.2) is 4.79 Å². The van der Waals surface area contributed by atoms with Gasteiger partial charge in [-0.1, -0.05) is 32.1 Å². The second-order valence-corrected chi connectivity index (χ2v) is 5.80. The average molecular weight is 289 g/mol. The molecular weight excluding hydrogens is 266 g/mol. The van der Waals surface area contributed by atoms with Crippen LogP contribution in [0.25, 0.3) is 0 Å². The van der Waals surface area contributed by atoms with Gasteiger partial charge in [-0.15, -0.1) is 0 Å². The number of carboxylic acids is 1. The SMILES string of the molecule is CN(C(=O)c1ccc(C(=O)O)cc1)C1CCCCCCC1. The van der Waals surface area contributed by atoms with Gasteiger partial charge in [-0.05, 0) is 37.1 Å². The van der Waals surface area contributed by atoms with Crippen molar-refractivity contribution in [2.24, 2.45) is 0 Å². The fourth-order valence-electron chi connectivity index (χ4n) is 2.95. The Morgan fingerprint density at radius 2 is 1.43 bits per heavy atom. The lowest BCUT2D eigenvalue weighted by molar-refractivity contribution is 0.0687. The highest BCUT2D eigenvalue weighted by molar-refractivity contribution is 5.95. The number of aromatic carboxylic acids is 1. The van der Waals surface area contributed by atoms with Gasteiger partial charge in [0, 0.05) is 18.7 Å². The number of carbonyl (C=O) groups excluding carboxylic acids is 1. The first kappa shape index (κ1) is 15.5. The number of hydrogen-bond donors (Lipinski definition) is 1. The highest BCUT2D eigenvalue weighted by Crippen LogP contribution is 2.22. The Bertz CT molecular complexity index is 487. The third kappa shape index (κ3) is 4.06. The summed E-state index contributed by atoms with van der Waals surface area (Å²) >= 11 is 0. The Balaban J connectivity index is 2.04. The van der Waals surface area contributed by atoms with E-state index in [1.165, 1.54) is 44.2 Å². The van der Waals surface area contributed by atoms with Crippen LogP contribution >= 0.6 is 0 Å². The van der Waals surface area contributed by atoms with E-state index in [1.807, 2.05) is 11.9 Å². The summed E-state index contributed by atoms with van der Waals surface area (Å²) in [4.78, 5) is 25.2. The van der Waals surface area contributed by atoms with Crippen molar-refractivity contribution in [3.63, 3.8) is 0 Å². The number of hydrogen-bond acceptors (Lipinski definition) is 2. The van der Waals surface area contributed by atoms with Gasteiger partial charge in [0.15, 0.2) is 0 Å². The van der Waals surface area contributed by atoms with Crippen LogP contribution < -0.4 is 0 Å². The second kappa shape index (κ2) is 7.25. The van der Waals surface area contributed by atoms with Crippen LogP contribution in [0.3, 0.4) is 0 Å². The third-order valence-electron chi connectivity index (χ3n) is 4.32. The summed E-state index contributed by atoms with van der Waals surface area (Å²) in [5.41, 5.74) is 0.768. The van der Waals surface area contributed by atoms with Crippen molar-refractivity contribution in [1.82, 2.24) is 4.90 Å². The van der Waals surface area contributed by atoms with Crippen LogP contribution in [0.1, 0.15) is 65.7 Å². The Kier molecular flexibility index (Phi) is 5.37. The van der Waals surface area contributed by atoms with Crippen molar-refractivity contribution in [3.8, 4) is 0 Å². The minimum absolute atomic E-state index is 0.0162. The minimum Gasteiger partial charge on any atom is -0.478 e. The number of nitrogens with zero attached hydrogens (tertiary/aromatic N) is 1. The molecule has 0 aliphatic heterocycles. The molecule has 1 saturated carbocycles. The molecule has 1 amide bonds. The summed E-state index contributed by atoms with van der Waals surface area (Å²) < 4.78 is 0.